The van der Waals surface area contributed by atoms with E-state index in [-0.39, 0.29) is 31.2 Å². The van der Waals surface area contributed by atoms with Crippen molar-refractivity contribution in [1.82, 2.24) is 19.9 Å². The number of rotatable bonds is 5. The molecule has 4 heterocycles. The molecule has 4 rings (SSSR count). The molecule has 164 valence electrons. The summed E-state index contributed by atoms with van der Waals surface area (Å²) in [5, 5.41) is 5.13. The Morgan fingerprint density at radius 1 is 1.35 bits per heavy atom. The first-order chi connectivity index (χ1) is 14.8. The summed E-state index contributed by atoms with van der Waals surface area (Å²) in [6.45, 7) is 1.93. The summed E-state index contributed by atoms with van der Waals surface area (Å²) in [4.78, 5) is 27.2. The smallest absolute Gasteiger partial charge is 0.393 e. The van der Waals surface area contributed by atoms with E-state index in [2.05, 4.69) is 20.3 Å². The minimum Gasteiger partial charge on any atom is -0.458 e. The summed E-state index contributed by atoms with van der Waals surface area (Å²) in [6.07, 6.45) is -2.11. The number of piperidine rings is 1. The van der Waals surface area contributed by atoms with Crippen molar-refractivity contribution in [2.24, 2.45) is 5.92 Å². The number of hydrogen-bond donors (Lipinski definition) is 1. The van der Waals surface area contributed by atoms with Crippen LogP contribution in [0.25, 0.3) is 22.3 Å². The number of amides is 1. The zero-order valence-corrected chi connectivity index (χ0v) is 17.5. The van der Waals surface area contributed by atoms with Crippen molar-refractivity contribution >= 4 is 23.1 Å². The number of halogens is 3. The van der Waals surface area contributed by atoms with Gasteiger partial charge in [-0.3, -0.25) is 9.69 Å². The third-order valence-electron chi connectivity index (χ3n) is 4.94. The maximum absolute atomic E-state index is 13.0. The number of nitrogens with one attached hydrogen (secondary N) is 1. The van der Waals surface area contributed by atoms with E-state index in [1.54, 1.807) is 36.7 Å². The molecule has 1 aliphatic rings. The summed E-state index contributed by atoms with van der Waals surface area (Å²) in [7, 11) is 0. The number of carbonyl (C=O) groups excluding carboxylic acids is 1. The predicted molar refractivity (Wildman–Crippen MR) is 109 cm³/mol. The molecule has 3 aromatic heterocycles. The molecule has 1 N–H and O–H groups in total. The first-order valence-corrected chi connectivity index (χ1v) is 10.6. The molecule has 0 spiro atoms. The van der Waals surface area contributed by atoms with Crippen LogP contribution in [0, 0.1) is 12.8 Å². The van der Waals surface area contributed by atoms with E-state index in [1.807, 2.05) is 0 Å². The molecule has 0 radical (unpaired) electrons. The van der Waals surface area contributed by atoms with Crippen molar-refractivity contribution in [1.29, 1.82) is 0 Å². The van der Waals surface area contributed by atoms with Crippen molar-refractivity contribution in [2.75, 3.05) is 25.0 Å². The van der Waals surface area contributed by atoms with Crippen LogP contribution in [0.3, 0.4) is 0 Å². The molecule has 0 saturated carbocycles. The topological polar surface area (TPSA) is 84.2 Å². The third-order valence-corrected chi connectivity index (χ3v) is 5.74. The summed E-state index contributed by atoms with van der Waals surface area (Å²) in [5.41, 5.74) is 0.513. The second-order valence-corrected chi connectivity index (χ2v) is 8.27. The average molecular weight is 451 g/mol. The number of carbonyl (C=O) groups is 1. The fourth-order valence-corrected chi connectivity index (χ4v) is 4.09. The van der Waals surface area contributed by atoms with Crippen molar-refractivity contribution in [3.05, 3.63) is 35.5 Å². The average Bonchev–Trinajstić information content (AvgIpc) is 3.39. The molecule has 1 unspecified atom stereocenters. The highest BCUT2D eigenvalue weighted by Crippen LogP contribution is 2.33. The van der Waals surface area contributed by atoms with E-state index in [1.165, 1.54) is 16.2 Å². The van der Waals surface area contributed by atoms with Gasteiger partial charge < -0.3 is 9.73 Å². The van der Waals surface area contributed by atoms with Gasteiger partial charge in [-0.1, -0.05) is 0 Å². The molecular formula is C20H20F3N5O2S. The van der Waals surface area contributed by atoms with Crippen LogP contribution in [0.1, 0.15) is 18.6 Å². The van der Waals surface area contributed by atoms with Crippen LogP contribution in [0.5, 0.6) is 0 Å². The van der Waals surface area contributed by atoms with E-state index in [9.17, 15) is 18.0 Å². The first-order valence-electron chi connectivity index (χ1n) is 9.72. The van der Waals surface area contributed by atoms with Gasteiger partial charge in [0.15, 0.2) is 11.6 Å². The number of furan rings is 1. The molecule has 31 heavy (non-hydrogen) atoms. The zero-order chi connectivity index (χ0) is 22.0. The van der Waals surface area contributed by atoms with Crippen LogP contribution >= 0.6 is 11.3 Å². The second kappa shape index (κ2) is 8.75. The number of nitrogens with zero attached hydrogens (tertiary/aromatic N) is 4. The molecule has 11 heteroatoms. The molecule has 0 aromatic carbocycles. The van der Waals surface area contributed by atoms with Crippen molar-refractivity contribution in [3.8, 4) is 22.3 Å². The SMILES string of the molecule is Cc1ccc(-c2nc(NC(=O)CN3CCCC(C(F)(F)F)C3)cc(-c3nccs3)n2)o1. The van der Waals surface area contributed by atoms with E-state index in [0.717, 1.165) is 0 Å². The number of anilines is 1. The predicted octanol–water partition coefficient (Wildman–Crippen LogP) is 4.38. The van der Waals surface area contributed by atoms with Crippen molar-refractivity contribution in [2.45, 2.75) is 25.9 Å². The first kappa shape index (κ1) is 21.4. The Morgan fingerprint density at radius 2 is 2.19 bits per heavy atom. The van der Waals surface area contributed by atoms with Gasteiger partial charge in [0.1, 0.15) is 22.3 Å². The van der Waals surface area contributed by atoms with Crippen LogP contribution in [0.4, 0.5) is 19.0 Å². The Bertz CT molecular complexity index is 1050. The monoisotopic (exact) mass is 451 g/mol. The van der Waals surface area contributed by atoms with E-state index in [4.69, 9.17) is 4.42 Å². The van der Waals surface area contributed by atoms with Gasteiger partial charge in [0.2, 0.25) is 5.91 Å². The molecular weight excluding hydrogens is 431 g/mol. The molecule has 1 amide bonds. The van der Waals surface area contributed by atoms with E-state index >= 15 is 0 Å². The Kier molecular flexibility index (Phi) is 6.05. The van der Waals surface area contributed by atoms with Gasteiger partial charge in [0.05, 0.1) is 12.5 Å². The maximum atomic E-state index is 13.0. The lowest BCUT2D eigenvalue weighted by Crippen LogP contribution is -2.44. The fraction of sp³-hybridized carbons (Fsp3) is 0.400. The number of aryl methyl sites for hydroxylation is 1. The molecule has 3 aromatic rings. The molecule has 0 aliphatic carbocycles. The molecule has 1 fully saturated rings. The summed E-state index contributed by atoms with van der Waals surface area (Å²) < 4.78 is 44.7. The van der Waals surface area contributed by atoms with Crippen LogP contribution in [-0.2, 0) is 4.79 Å². The second-order valence-electron chi connectivity index (χ2n) is 7.37. The lowest BCUT2D eigenvalue weighted by atomic mass is 9.97. The molecule has 1 aliphatic heterocycles. The Hall–Kier alpha value is -2.79. The highest BCUT2D eigenvalue weighted by molar-refractivity contribution is 7.13. The van der Waals surface area contributed by atoms with Gasteiger partial charge in [-0.2, -0.15) is 13.2 Å². The van der Waals surface area contributed by atoms with E-state index < -0.39 is 18.0 Å². The zero-order valence-electron chi connectivity index (χ0n) is 16.6. The summed E-state index contributed by atoms with van der Waals surface area (Å²) in [5.74, 6) is -0.194. The lowest BCUT2D eigenvalue weighted by Gasteiger charge is -2.33. The van der Waals surface area contributed by atoms with Gasteiger partial charge in [-0.15, -0.1) is 11.3 Å². The Balaban J connectivity index is 1.52. The number of aromatic nitrogens is 3. The summed E-state index contributed by atoms with van der Waals surface area (Å²) in [6, 6.07) is 5.10. The third kappa shape index (κ3) is 5.28. The molecule has 1 saturated heterocycles. The van der Waals surface area contributed by atoms with Gasteiger partial charge in [-0.05, 0) is 38.4 Å². The number of alkyl halides is 3. The Morgan fingerprint density at radius 3 is 2.87 bits per heavy atom. The largest absolute Gasteiger partial charge is 0.458 e. The van der Waals surface area contributed by atoms with Crippen LogP contribution in [0.15, 0.2) is 34.2 Å². The van der Waals surface area contributed by atoms with Gasteiger partial charge in [0, 0.05) is 24.2 Å². The molecule has 1 atom stereocenters. The highest BCUT2D eigenvalue weighted by Gasteiger charge is 2.41. The van der Waals surface area contributed by atoms with Gasteiger partial charge in [-0.25, -0.2) is 15.0 Å². The fourth-order valence-electron chi connectivity index (χ4n) is 3.49. The maximum Gasteiger partial charge on any atom is 0.393 e. The summed E-state index contributed by atoms with van der Waals surface area (Å²) >= 11 is 1.38. The van der Waals surface area contributed by atoms with Gasteiger partial charge in [0.25, 0.3) is 0 Å². The lowest BCUT2D eigenvalue weighted by molar-refractivity contribution is -0.186. The number of thiazole rings is 1. The van der Waals surface area contributed by atoms with Crippen LogP contribution in [0.2, 0.25) is 0 Å². The molecule has 0 bridgehead atoms. The Labute approximate surface area is 180 Å². The number of likely N-dealkylation sites (tertiary alicyclic amines) is 1. The normalized spacial score (nSPS) is 17.6. The van der Waals surface area contributed by atoms with Crippen molar-refractivity contribution < 1.29 is 22.4 Å². The number of hydrogen-bond acceptors (Lipinski definition) is 7. The minimum atomic E-state index is -4.25. The standard InChI is InChI=1S/C20H20F3N5O2S/c1-12-4-5-15(30-12)18-25-14(19-24-6-8-31-19)9-16(27-18)26-17(29)11-28-7-2-3-13(10-28)20(21,22)23/h4-6,8-9,13H,2-3,7,10-11H2,1H3,(H,25,26,27,29). The quantitative estimate of drug-likeness (QED) is 0.620. The van der Waals surface area contributed by atoms with E-state index in [0.29, 0.717) is 35.2 Å². The highest BCUT2D eigenvalue weighted by atomic mass is 32.1. The molecule has 7 nitrogen and oxygen atoms in total. The van der Waals surface area contributed by atoms with Crippen LogP contribution in [-0.4, -0.2) is 51.6 Å². The van der Waals surface area contributed by atoms with Crippen LogP contribution < -0.4 is 5.32 Å². The van der Waals surface area contributed by atoms with Crippen molar-refractivity contribution in [3.63, 3.8) is 0 Å². The minimum absolute atomic E-state index is 0.0939. The van der Waals surface area contributed by atoms with Gasteiger partial charge >= 0.3 is 6.18 Å².